The van der Waals surface area contributed by atoms with Gasteiger partial charge in [0, 0.05) is 36.7 Å². The molecule has 23 heavy (non-hydrogen) atoms. The predicted octanol–water partition coefficient (Wildman–Crippen LogP) is 3.09. The summed E-state index contributed by atoms with van der Waals surface area (Å²) in [5.74, 6) is 1.91. The number of halogens is 1. The van der Waals surface area contributed by atoms with Crippen LogP contribution < -0.4 is 16.0 Å². The van der Waals surface area contributed by atoms with Crippen molar-refractivity contribution in [2.45, 2.75) is 19.3 Å². The number of unbranched alkanes of at least 4 members (excludes halogenated alkanes) is 1. The number of guanidine groups is 1. The Morgan fingerprint density at radius 2 is 1.87 bits per heavy atom. The molecule has 0 aromatic heterocycles. The Bertz CT molecular complexity index is 493. The number of rotatable bonds is 9. The molecule has 0 saturated carbocycles. The van der Waals surface area contributed by atoms with Crippen molar-refractivity contribution in [3.63, 3.8) is 0 Å². The van der Waals surface area contributed by atoms with Gasteiger partial charge in [-0.2, -0.15) is 11.8 Å². The van der Waals surface area contributed by atoms with E-state index in [9.17, 15) is 4.79 Å². The van der Waals surface area contributed by atoms with Crippen molar-refractivity contribution in [2.24, 2.45) is 4.99 Å². The van der Waals surface area contributed by atoms with E-state index in [1.54, 1.807) is 7.05 Å². The van der Waals surface area contributed by atoms with Crippen LogP contribution in [0.2, 0.25) is 0 Å². The molecular formula is C16H25BrN4OS. The predicted molar refractivity (Wildman–Crippen MR) is 104 cm³/mol. The number of carbonyl (C=O) groups excluding carboxylic acids is 1. The minimum Gasteiger partial charge on any atom is -0.356 e. The first-order chi connectivity index (χ1) is 11.2. The zero-order chi connectivity index (χ0) is 16.9. The number of nitrogens with zero attached hydrogens (tertiary/aromatic N) is 1. The van der Waals surface area contributed by atoms with Crippen LogP contribution in [0.4, 0.5) is 5.69 Å². The lowest BCUT2D eigenvalue weighted by atomic mass is 10.3. The largest absolute Gasteiger partial charge is 0.356 e. The Hall–Kier alpha value is -1.21. The average Bonchev–Trinajstić information content (AvgIpc) is 2.55. The Balaban J connectivity index is 2.18. The summed E-state index contributed by atoms with van der Waals surface area (Å²) in [5, 5.41) is 9.27. The second kappa shape index (κ2) is 12.2. The molecular weight excluding hydrogens is 376 g/mol. The van der Waals surface area contributed by atoms with Gasteiger partial charge in [0.1, 0.15) is 0 Å². The molecule has 128 valence electrons. The van der Waals surface area contributed by atoms with Crippen molar-refractivity contribution >= 4 is 45.2 Å². The first-order valence-corrected chi connectivity index (χ1v) is 9.83. The summed E-state index contributed by atoms with van der Waals surface area (Å²) >= 11 is 5.23. The highest BCUT2D eigenvalue weighted by Crippen LogP contribution is 2.14. The number of aliphatic imine (C=N–C) groups is 1. The van der Waals surface area contributed by atoms with Crippen molar-refractivity contribution in [3.05, 3.63) is 28.7 Å². The van der Waals surface area contributed by atoms with E-state index in [1.807, 2.05) is 36.0 Å². The monoisotopic (exact) mass is 400 g/mol. The summed E-state index contributed by atoms with van der Waals surface area (Å²) in [6.45, 7) is 1.44. The van der Waals surface area contributed by atoms with E-state index in [0.29, 0.717) is 13.0 Å². The summed E-state index contributed by atoms with van der Waals surface area (Å²) in [4.78, 5) is 16.0. The van der Waals surface area contributed by atoms with Crippen LogP contribution in [0.1, 0.15) is 19.3 Å². The van der Waals surface area contributed by atoms with Gasteiger partial charge in [0.05, 0.1) is 0 Å². The molecule has 1 rings (SSSR count). The summed E-state index contributed by atoms with van der Waals surface area (Å²) in [5.41, 5.74) is 0.800. The summed E-state index contributed by atoms with van der Waals surface area (Å²) in [6, 6.07) is 7.53. The third-order valence-corrected chi connectivity index (χ3v) is 4.29. The topological polar surface area (TPSA) is 65.5 Å². The Morgan fingerprint density at radius 3 is 2.52 bits per heavy atom. The van der Waals surface area contributed by atoms with Gasteiger partial charge in [-0.05, 0) is 49.1 Å². The van der Waals surface area contributed by atoms with E-state index in [-0.39, 0.29) is 5.91 Å². The zero-order valence-electron chi connectivity index (χ0n) is 13.7. The van der Waals surface area contributed by atoms with Gasteiger partial charge in [-0.1, -0.05) is 15.9 Å². The zero-order valence-corrected chi connectivity index (χ0v) is 16.1. The number of carbonyl (C=O) groups is 1. The quantitative estimate of drug-likeness (QED) is 0.338. The number of hydrogen-bond acceptors (Lipinski definition) is 3. The minimum absolute atomic E-state index is 0.0183. The summed E-state index contributed by atoms with van der Waals surface area (Å²) in [6.07, 6.45) is 4.82. The first-order valence-electron chi connectivity index (χ1n) is 7.64. The lowest BCUT2D eigenvalue weighted by Crippen LogP contribution is -2.39. The van der Waals surface area contributed by atoms with Crippen molar-refractivity contribution in [1.29, 1.82) is 0 Å². The van der Waals surface area contributed by atoms with Crippen LogP contribution >= 0.6 is 27.7 Å². The molecule has 0 aliphatic rings. The minimum atomic E-state index is -0.0183. The second-order valence-corrected chi connectivity index (χ2v) is 6.83. The van der Waals surface area contributed by atoms with Crippen LogP contribution in [0, 0.1) is 0 Å². The van der Waals surface area contributed by atoms with E-state index >= 15 is 0 Å². The number of hydrogen-bond donors (Lipinski definition) is 3. The van der Waals surface area contributed by atoms with E-state index in [1.165, 1.54) is 12.2 Å². The van der Waals surface area contributed by atoms with Crippen LogP contribution in [0.15, 0.2) is 33.7 Å². The van der Waals surface area contributed by atoms with Gasteiger partial charge in [-0.15, -0.1) is 0 Å². The van der Waals surface area contributed by atoms with Crippen molar-refractivity contribution < 1.29 is 4.79 Å². The summed E-state index contributed by atoms with van der Waals surface area (Å²) in [7, 11) is 1.74. The number of nitrogens with one attached hydrogen (secondary N) is 3. The molecule has 7 heteroatoms. The molecule has 0 aliphatic heterocycles. The van der Waals surface area contributed by atoms with E-state index < -0.39 is 0 Å². The lowest BCUT2D eigenvalue weighted by Gasteiger charge is -2.11. The molecule has 1 aromatic rings. The number of benzene rings is 1. The van der Waals surface area contributed by atoms with Crippen LogP contribution in [0.25, 0.3) is 0 Å². The Labute approximate surface area is 151 Å². The molecule has 5 nitrogen and oxygen atoms in total. The summed E-state index contributed by atoms with van der Waals surface area (Å²) < 4.78 is 0.990. The maximum absolute atomic E-state index is 11.9. The van der Waals surface area contributed by atoms with Gasteiger partial charge in [0.25, 0.3) is 0 Å². The highest BCUT2D eigenvalue weighted by atomic mass is 79.9. The van der Waals surface area contributed by atoms with E-state index in [4.69, 9.17) is 0 Å². The van der Waals surface area contributed by atoms with Gasteiger partial charge in [0.2, 0.25) is 5.91 Å². The first kappa shape index (κ1) is 19.8. The smallest absolute Gasteiger partial charge is 0.226 e. The van der Waals surface area contributed by atoms with Crippen molar-refractivity contribution in [2.75, 3.05) is 37.5 Å². The molecule has 3 N–H and O–H groups in total. The molecule has 0 atom stereocenters. The maximum Gasteiger partial charge on any atom is 0.226 e. The third kappa shape index (κ3) is 9.50. The van der Waals surface area contributed by atoms with Gasteiger partial charge < -0.3 is 16.0 Å². The highest BCUT2D eigenvalue weighted by Gasteiger charge is 2.03. The normalized spacial score (nSPS) is 11.2. The fourth-order valence-electron chi connectivity index (χ4n) is 1.85. The number of amides is 1. The molecule has 0 bridgehead atoms. The molecule has 0 heterocycles. The molecule has 1 aromatic carbocycles. The van der Waals surface area contributed by atoms with E-state index in [2.05, 4.69) is 43.1 Å². The van der Waals surface area contributed by atoms with Crippen LogP contribution in [0.3, 0.4) is 0 Å². The maximum atomic E-state index is 11.9. The van der Waals surface area contributed by atoms with Crippen LogP contribution in [-0.4, -0.2) is 44.0 Å². The van der Waals surface area contributed by atoms with Crippen molar-refractivity contribution in [1.82, 2.24) is 10.6 Å². The molecule has 0 aliphatic carbocycles. The molecule has 0 saturated heterocycles. The fraction of sp³-hybridized carbons (Fsp3) is 0.500. The van der Waals surface area contributed by atoms with Crippen LogP contribution in [0.5, 0.6) is 0 Å². The molecule has 0 radical (unpaired) electrons. The highest BCUT2D eigenvalue weighted by molar-refractivity contribution is 9.10. The molecule has 0 fully saturated rings. The van der Waals surface area contributed by atoms with Gasteiger partial charge in [0.15, 0.2) is 5.96 Å². The Kier molecular flexibility index (Phi) is 10.6. The third-order valence-electron chi connectivity index (χ3n) is 3.06. The Morgan fingerprint density at radius 1 is 1.17 bits per heavy atom. The number of thioether (sulfide) groups is 1. The van der Waals surface area contributed by atoms with Crippen molar-refractivity contribution in [3.8, 4) is 0 Å². The standard InChI is InChI=1S/C16H25BrN4OS/c1-18-16(19-10-3-4-12-23-2)20-11-9-15(22)21-14-7-5-13(17)6-8-14/h5-8H,3-4,9-12H2,1-2H3,(H,21,22)(H2,18,19,20). The second-order valence-electron chi connectivity index (χ2n) is 4.93. The average molecular weight is 401 g/mol. The van der Waals surface area contributed by atoms with Gasteiger partial charge >= 0.3 is 0 Å². The molecule has 1 amide bonds. The lowest BCUT2D eigenvalue weighted by molar-refractivity contribution is -0.116. The molecule has 0 spiro atoms. The van der Waals surface area contributed by atoms with Gasteiger partial charge in [-0.25, -0.2) is 0 Å². The van der Waals surface area contributed by atoms with E-state index in [0.717, 1.165) is 29.1 Å². The fourth-order valence-corrected chi connectivity index (χ4v) is 2.61. The van der Waals surface area contributed by atoms with Crippen LogP contribution in [-0.2, 0) is 4.79 Å². The molecule has 0 unspecified atom stereocenters. The SMILES string of the molecule is CN=C(NCCCCSC)NCCC(=O)Nc1ccc(Br)cc1. The van der Waals surface area contributed by atoms with Gasteiger partial charge in [-0.3, -0.25) is 9.79 Å². The number of anilines is 1.